The van der Waals surface area contributed by atoms with Crippen molar-refractivity contribution in [3.63, 3.8) is 0 Å². The van der Waals surface area contributed by atoms with E-state index in [2.05, 4.69) is 20.5 Å². The second-order valence-electron chi connectivity index (χ2n) is 6.30. The fraction of sp³-hybridized carbons (Fsp3) is 0.471. The molecule has 0 bridgehead atoms. The number of aromatic amines is 1. The van der Waals surface area contributed by atoms with Gasteiger partial charge in [0.15, 0.2) is 6.61 Å². The molecule has 30 heavy (non-hydrogen) atoms. The van der Waals surface area contributed by atoms with Crippen LogP contribution in [0, 0.1) is 6.92 Å². The van der Waals surface area contributed by atoms with Crippen LogP contribution in [0.5, 0.6) is 5.75 Å². The minimum Gasteiger partial charge on any atom is -0.482 e. The zero-order chi connectivity index (χ0) is 21.6. The number of thioether (sulfide) groups is 1. The minimum absolute atomic E-state index is 0.0745. The molecule has 0 atom stereocenters. The molecule has 3 rings (SSSR count). The maximum absolute atomic E-state index is 12.7. The van der Waals surface area contributed by atoms with Gasteiger partial charge in [-0.1, -0.05) is 23.4 Å². The number of aryl methyl sites for hydroxylation is 1. The van der Waals surface area contributed by atoms with E-state index in [-0.39, 0.29) is 28.2 Å². The van der Waals surface area contributed by atoms with Crippen molar-refractivity contribution in [2.75, 3.05) is 45.2 Å². The van der Waals surface area contributed by atoms with Crippen LogP contribution in [0.2, 0.25) is 5.02 Å². The molecule has 1 aromatic heterocycles. The number of hydrogen-bond acceptors (Lipinski definition) is 8. The first-order chi connectivity index (χ1) is 14.4. The number of halogens is 1. The molecule has 1 aromatic carbocycles. The molecule has 0 radical (unpaired) electrons. The van der Waals surface area contributed by atoms with Gasteiger partial charge in [0.2, 0.25) is 15.2 Å². The first-order valence-electron chi connectivity index (χ1n) is 9.15. The van der Waals surface area contributed by atoms with Gasteiger partial charge < -0.3 is 14.8 Å². The molecule has 164 valence electrons. The van der Waals surface area contributed by atoms with Gasteiger partial charge in [0.25, 0.3) is 5.91 Å². The zero-order valence-corrected chi connectivity index (χ0v) is 18.6. The van der Waals surface area contributed by atoms with E-state index in [4.69, 9.17) is 21.1 Å². The zero-order valence-electron chi connectivity index (χ0n) is 16.3. The molecule has 1 fully saturated rings. The monoisotopic (exact) mass is 475 g/mol. The molecule has 0 saturated carbocycles. The first kappa shape index (κ1) is 22.8. The quantitative estimate of drug-likeness (QED) is 0.407. The predicted molar refractivity (Wildman–Crippen MR) is 111 cm³/mol. The lowest BCUT2D eigenvalue weighted by Crippen LogP contribution is -2.40. The second kappa shape index (κ2) is 10.4. The van der Waals surface area contributed by atoms with Crippen LogP contribution in [-0.2, 0) is 19.6 Å². The Kier molecular flexibility index (Phi) is 7.94. The Morgan fingerprint density at radius 1 is 1.40 bits per heavy atom. The van der Waals surface area contributed by atoms with E-state index in [0.717, 1.165) is 5.82 Å². The molecule has 1 saturated heterocycles. The van der Waals surface area contributed by atoms with Crippen LogP contribution in [0.1, 0.15) is 5.82 Å². The number of ether oxygens (including phenoxy) is 2. The van der Waals surface area contributed by atoms with Gasteiger partial charge in [-0.25, -0.2) is 13.4 Å². The average Bonchev–Trinajstić information content (AvgIpc) is 3.16. The van der Waals surface area contributed by atoms with Crippen molar-refractivity contribution in [3.05, 3.63) is 29.0 Å². The third-order valence-corrected chi connectivity index (χ3v) is 7.14. The van der Waals surface area contributed by atoms with Crippen molar-refractivity contribution < 1.29 is 22.7 Å². The van der Waals surface area contributed by atoms with Gasteiger partial charge >= 0.3 is 0 Å². The summed E-state index contributed by atoms with van der Waals surface area (Å²) < 4.78 is 37.3. The Hall–Kier alpha value is -1.86. The van der Waals surface area contributed by atoms with Crippen LogP contribution < -0.4 is 10.1 Å². The number of H-pyrrole nitrogens is 1. The van der Waals surface area contributed by atoms with E-state index < -0.39 is 10.0 Å². The van der Waals surface area contributed by atoms with Gasteiger partial charge in [0, 0.05) is 25.4 Å². The van der Waals surface area contributed by atoms with Crippen molar-refractivity contribution >= 4 is 39.3 Å². The van der Waals surface area contributed by atoms with E-state index in [0.29, 0.717) is 43.8 Å². The summed E-state index contributed by atoms with van der Waals surface area (Å²) in [6.07, 6.45) is 0. The Morgan fingerprint density at radius 2 is 2.17 bits per heavy atom. The number of amides is 1. The predicted octanol–water partition coefficient (Wildman–Crippen LogP) is 1.07. The highest BCUT2D eigenvalue weighted by Crippen LogP contribution is 2.29. The number of nitrogens with one attached hydrogen (secondary N) is 2. The molecule has 1 amide bonds. The average molecular weight is 476 g/mol. The van der Waals surface area contributed by atoms with Crippen LogP contribution >= 0.6 is 23.4 Å². The number of carbonyl (C=O) groups is 1. The fourth-order valence-electron chi connectivity index (χ4n) is 2.61. The molecule has 13 heteroatoms. The topological polar surface area (TPSA) is 127 Å². The van der Waals surface area contributed by atoms with Gasteiger partial charge in [-0.15, -0.1) is 5.10 Å². The summed E-state index contributed by atoms with van der Waals surface area (Å²) in [6, 6.07) is 4.19. The first-order valence-corrected chi connectivity index (χ1v) is 12.0. The van der Waals surface area contributed by atoms with E-state index in [1.54, 1.807) is 0 Å². The number of sulfonamides is 1. The van der Waals surface area contributed by atoms with Gasteiger partial charge in [0.05, 0.1) is 23.1 Å². The van der Waals surface area contributed by atoms with Crippen LogP contribution in [0.15, 0.2) is 28.3 Å². The molecule has 2 N–H and O–H groups in total. The fourth-order valence-corrected chi connectivity index (χ4v) is 5.04. The number of benzene rings is 1. The van der Waals surface area contributed by atoms with Crippen LogP contribution in [0.3, 0.4) is 0 Å². The van der Waals surface area contributed by atoms with Gasteiger partial charge in [-0.2, -0.15) is 4.31 Å². The number of nitrogens with zero attached hydrogens (tertiary/aromatic N) is 3. The molecule has 2 heterocycles. The summed E-state index contributed by atoms with van der Waals surface area (Å²) in [5.41, 5.74) is 0. The van der Waals surface area contributed by atoms with E-state index in [1.807, 2.05) is 6.92 Å². The molecule has 10 nitrogen and oxygen atoms in total. The molecule has 1 aliphatic rings. The Bertz CT molecular complexity index is 979. The van der Waals surface area contributed by atoms with Gasteiger partial charge in [0.1, 0.15) is 11.6 Å². The number of aromatic nitrogens is 3. The molecule has 2 aromatic rings. The van der Waals surface area contributed by atoms with Crippen LogP contribution in [0.4, 0.5) is 0 Å². The third-order valence-electron chi connectivity index (χ3n) is 4.10. The van der Waals surface area contributed by atoms with E-state index in [9.17, 15) is 13.2 Å². The number of carbonyl (C=O) groups excluding carboxylic acids is 1. The smallest absolute Gasteiger partial charge is 0.257 e. The number of morpholine rings is 1. The maximum Gasteiger partial charge on any atom is 0.257 e. The van der Waals surface area contributed by atoms with Crippen LogP contribution in [0.25, 0.3) is 0 Å². The largest absolute Gasteiger partial charge is 0.482 e. The van der Waals surface area contributed by atoms with Crippen molar-refractivity contribution in [3.8, 4) is 5.75 Å². The van der Waals surface area contributed by atoms with Gasteiger partial charge in [-0.3, -0.25) is 9.89 Å². The summed E-state index contributed by atoms with van der Waals surface area (Å²) in [7, 11) is -3.65. The standard InChI is InChI=1S/C17H22ClN5O5S2/c1-12-20-17(22-21-12)29-9-4-19-16(24)11-28-15-3-2-13(10-14(15)18)30(25,26)23-5-7-27-8-6-23/h2-3,10H,4-9,11H2,1H3,(H,19,24)(H,20,21,22). The highest BCUT2D eigenvalue weighted by atomic mass is 35.5. The Labute approximate surface area is 183 Å². The lowest BCUT2D eigenvalue weighted by molar-refractivity contribution is -0.122. The third kappa shape index (κ3) is 6.08. The summed E-state index contributed by atoms with van der Waals surface area (Å²) in [4.78, 5) is 16.2. The van der Waals surface area contributed by atoms with E-state index in [1.165, 1.54) is 34.3 Å². The SMILES string of the molecule is Cc1nc(SCCNC(=O)COc2ccc(S(=O)(=O)N3CCOCC3)cc2Cl)n[nH]1. The molecular weight excluding hydrogens is 454 g/mol. The summed E-state index contributed by atoms with van der Waals surface area (Å²) in [5.74, 6) is 1.26. The second-order valence-corrected chi connectivity index (χ2v) is 9.71. The maximum atomic E-state index is 12.7. The molecule has 0 unspecified atom stereocenters. The van der Waals surface area contributed by atoms with E-state index >= 15 is 0 Å². The van der Waals surface area contributed by atoms with Crippen LogP contribution in [-0.4, -0.2) is 79.0 Å². The molecule has 0 spiro atoms. The minimum atomic E-state index is -3.65. The van der Waals surface area contributed by atoms with Crippen molar-refractivity contribution in [1.82, 2.24) is 24.8 Å². The number of hydrogen-bond donors (Lipinski definition) is 2. The highest BCUT2D eigenvalue weighted by Gasteiger charge is 2.27. The van der Waals surface area contributed by atoms with Crippen molar-refractivity contribution in [2.24, 2.45) is 0 Å². The highest BCUT2D eigenvalue weighted by molar-refractivity contribution is 7.99. The molecule has 0 aliphatic carbocycles. The molecule has 1 aliphatic heterocycles. The van der Waals surface area contributed by atoms with Crippen molar-refractivity contribution in [2.45, 2.75) is 17.0 Å². The number of rotatable bonds is 9. The lowest BCUT2D eigenvalue weighted by Gasteiger charge is -2.26. The lowest BCUT2D eigenvalue weighted by atomic mass is 10.3. The van der Waals surface area contributed by atoms with Gasteiger partial charge in [-0.05, 0) is 25.1 Å². The Balaban J connectivity index is 1.46. The summed E-state index contributed by atoms with van der Waals surface area (Å²) in [6.45, 7) is 3.31. The normalized spacial score (nSPS) is 15.1. The Morgan fingerprint density at radius 3 is 2.83 bits per heavy atom. The van der Waals surface area contributed by atoms with Crippen molar-refractivity contribution in [1.29, 1.82) is 0 Å². The summed E-state index contributed by atoms with van der Waals surface area (Å²) >= 11 is 7.59. The summed E-state index contributed by atoms with van der Waals surface area (Å²) in [5, 5.41) is 10.2. The molecular formula is C17H22ClN5O5S2.